The van der Waals surface area contributed by atoms with Crippen LogP contribution in [0.15, 0.2) is 36.0 Å². The second-order valence-electron chi connectivity index (χ2n) is 4.81. The zero-order chi connectivity index (χ0) is 14.8. The number of imidazole rings is 1. The fourth-order valence-corrected chi connectivity index (χ4v) is 3.61. The van der Waals surface area contributed by atoms with Gasteiger partial charge in [-0.2, -0.15) is 0 Å². The summed E-state index contributed by atoms with van der Waals surface area (Å²) in [5.41, 5.74) is 2.31. The molecule has 6 heteroatoms. The van der Waals surface area contributed by atoms with Crippen LogP contribution in [0, 0.1) is 3.57 Å². The fourth-order valence-electron chi connectivity index (χ4n) is 2.37. The molecule has 110 valence electrons. The summed E-state index contributed by atoms with van der Waals surface area (Å²) < 4.78 is 3.15. The van der Waals surface area contributed by atoms with Gasteiger partial charge in [0.25, 0.3) is 0 Å². The van der Waals surface area contributed by atoms with Gasteiger partial charge in [0.1, 0.15) is 0 Å². The minimum absolute atomic E-state index is 0.231. The number of hydrogen-bond donors (Lipinski definition) is 1. The summed E-state index contributed by atoms with van der Waals surface area (Å²) in [5.74, 6) is 0. The Labute approximate surface area is 146 Å². The number of thiazole rings is 1. The first-order valence-electron chi connectivity index (χ1n) is 6.76. The third-order valence-electron chi connectivity index (χ3n) is 3.35. The van der Waals surface area contributed by atoms with E-state index in [2.05, 4.69) is 68.6 Å². The molecule has 1 aromatic carbocycles. The van der Waals surface area contributed by atoms with Crippen LogP contribution >= 0.6 is 45.5 Å². The normalized spacial score (nSPS) is 12.9. The molecule has 0 aliphatic rings. The molecule has 1 unspecified atom stereocenters. The topological polar surface area (TPSA) is 29.3 Å². The van der Waals surface area contributed by atoms with Crippen molar-refractivity contribution in [1.29, 1.82) is 0 Å². The Morgan fingerprint density at radius 2 is 2.33 bits per heavy atom. The van der Waals surface area contributed by atoms with E-state index in [4.69, 9.17) is 11.6 Å². The van der Waals surface area contributed by atoms with Gasteiger partial charge in [-0.1, -0.05) is 24.6 Å². The predicted molar refractivity (Wildman–Crippen MR) is 97.4 cm³/mol. The monoisotopic (exact) mass is 431 g/mol. The Morgan fingerprint density at radius 1 is 1.48 bits per heavy atom. The maximum absolute atomic E-state index is 6.25. The Hall–Kier alpha value is -0.630. The van der Waals surface area contributed by atoms with Crippen LogP contribution in [0.4, 0.5) is 0 Å². The zero-order valence-electron chi connectivity index (χ0n) is 11.5. The van der Waals surface area contributed by atoms with Gasteiger partial charge in [0.2, 0.25) is 0 Å². The van der Waals surface area contributed by atoms with Crippen molar-refractivity contribution in [2.45, 2.75) is 19.4 Å². The molecular weight excluding hydrogens is 417 g/mol. The van der Waals surface area contributed by atoms with Crippen LogP contribution < -0.4 is 5.32 Å². The summed E-state index contributed by atoms with van der Waals surface area (Å²) in [6, 6.07) is 6.48. The summed E-state index contributed by atoms with van der Waals surface area (Å²) in [6.45, 7) is 3.03. The second-order valence-corrected chi connectivity index (χ2v) is 7.26. The van der Waals surface area contributed by atoms with Crippen LogP contribution in [0.3, 0.4) is 0 Å². The van der Waals surface area contributed by atoms with Gasteiger partial charge in [-0.3, -0.25) is 4.40 Å². The molecule has 21 heavy (non-hydrogen) atoms. The zero-order valence-corrected chi connectivity index (χ0v) is 15.2. The van der Waals surface area contributed by atoms with E-state index >= 15 is 0 Å². The second kappa shape index (κ2) is 6.64. The third kappa shape index (κ3) is 3.41. The molecule has 0 aliphatic carbocycles. The summed E-state index contributed by atoms with van der Waals surface area (Å²) >= 11 is 10.2. The van der Waals surface area contributed by atoms with Crippen LogP contribution in [0.2, 0.25) is 5.02 Å². The van der Waals surface area contributed by atoms with Crippen molar-refractivity contribution in [3.8, 4) is 0 Å². The highest BCUT2D eigenvalue weighted by Gasteiger charge is 2.15. The molecule has 2 heterocycles. The summed E-state index contributed by atoms with van der Waals surface area (Å²) in [7, 11) is 0. The Balaban J connectivity index is 1.86. The summed E-state index contributed by atoms with van der Waals surface area (Å²) in [5, 5.41) is 6.38. The molecule has 0 aliphatic heterocycles. The standard InChI is InChI=1S/C15H15ClIN3S/c1-2-18-14(10-3-4-13(17)12(16)7-10)8-11-9-20-5-6-21-15(20)19-11/h3-7,9,14,18H,2,8H2,1H3. The van der Waals surface area contributed by atoms with Crippen molar-refractivity contribution in [2.75, 3.05) is 6.54 Å². The predicted octanol–water partition coefficient (Wildman–Crippen LogP) is 4.55. The van der Waals surface area contributed by atoms with Crippen molar-refractivity contribution in [3.05, 3.63) is 55.8 Å². The van der Waals surface area contributed by atoms with E-state index in [0.717, 1.165) is 32.2 Å². The van der Waals surface area contributed by atoms with E-state index in [0.29, 0.717) is 0 Å². The maximum atomic E-state index is 6.25. The molecule has 0 bridgehead atoms. The average molecular weight is 432 g/mol. The van der Waals surface area contributed by atoms with Crippen molar-refractivity contribution in [3.63, 3.8) is 0 Å². The lowest BCUT2D eigenvalue weighted by Crippen LogP contribution is -2.23. The van der Waals surface area contributed by atoms with Gasteiger partial charge < -0.3 is 5.32 Å². The molecule has 1 atom stereocenters. The van der Waals surface area contributed by atoms with Crippen molar-refractivity contribution >= 4 is 50.5 Å². The molecule has 0 spiro atoms. The highest BCUT2D eigenvalue weighted by Crippen LogP contribution is 2.25. The van der Waals surface area contributed by atoms with E-state index in [-0.39, 0.29) is 6.04 Å². The fraction of sp³-hybridized carbons (Fsp3) is 0.267. The van der Waals surface area contributed by atoms with Crippen molar-refractivity contribution < 1.29 is 0 Å². The highest BCUT2D eigenvalue weighted by atomic mass is 127. The van der Waals surface area contributed by atoms with E-state index < -0.39 is 0 Å². The van der Waals surface area contributed by atoms with E-state index in [9.17, 15) is 0 Å². The lowest BCUT2D eigenvalue weighted by molar-refractivity contribution is 0.545. The van der Waals surface area contributed by atoms with Gasteiger partial charge in [0, 0.05) is 33.8 Å². The Bertz CT molecular complexity index is 724. The van der Waals surface area contributed by atoms with Crippen molar-refractivity contribution in [1.82, 2.24) is 14.7 Å². The number of rotatable bonds is 5. The maximum Gasteiger partial charge on any atom is 0.193 e. The lowest BCUT2D eigenvalue weighted by Gasteiger charge is -2.18. The highest BCUT2D eigenvalue weighted by molar-refractivity contribution is 14.1. The first kappa shape index (κ1) is 15.3. The molecule has 3 rings (SSSR count). The number of benzene rings is 1. The summed E-state index contributed by atoms with van der Waals surface area (Å²) in [6.07, 6.45) is 5.00. The quantitative estimate of drug-likeness (QED) is 0.601. The number of nitrogens with zero attached hydrogens (tertiary/aromatic N) is 2. The Kier molecular flexibility index (Phi) is 4.83. The third-order valence-corrected chi connectivity index (χ3v) is 5.70. The SMILES string of the molecule is CCNC(Cc1cn2ccsc2n1)c1ccc(I)c(Cl)c1. The molecular formula is C15H15ClIN3S. The van der Waals surface area contributed by atoms with Crippen LogP contribution in [-0.2, 0) is 6.42 Å². The molecule has 2 aromatic heterocycles. The first-order valence-corrected chi connectivity index (χ1v) is 9.10. The number of aromatic nitrogens is 2. The van der Waals surface area contributed by atoms with Crippen molar-refractivity contribution in [2.24, 2.45) is 0 Å². The lowest BCUT2D eigenvalue weighted by atomic mass is 10.0. The average Bonchev–Trinajstić information content (AvgIpc) is 3.02. The molecule has 0 radical (unpaired) electrons. The van der Waals surface area contributed by atoms with Crippen LogP contribution in [0.1, 0.15) is 24.2 Å². The molecule has 3 aromatic rings. The largest absolute Gasteiger partial charge is 0.310 e. The van der Waals surface area contributed by atoms with E-state index in [1.807, 2.05) is 11.6 Å². The van der Waals surface area contributed by atoms with Gasteiger partial charge in [0.15, 0.2) is 4.96 Å². The first-order chi connectivity index (χ1) is 10.2. The Morgan fingerprint density at radius 3 is 3.05 bits per heavy atom. The van der Waals surface area contributed by atoms with Gasteiger partial charge in [-0.15, -0.1) is 11.3 Å². The number of nitrogens with one attached hydrogen (secondary N) is 1. The number of hydrogen-bond acceptors (Lipinski definition) is 3. The molecule has 1 N–H and O–H groups in total. The number of fused-ring (bicyclic) bond motifs is 1. The summed E-state index contributed by atoms with van der Waals surface area (Å²) in [4.78, 5) is 5.71. The molecule has 3 nitrogen and oxygen atoms in total. The minimum atomic E-state index is 0.231. The van der Waals surface area contributed by atoms with Crippen LogP contribution in [0.5, 0.6) is 0 Å². The molecule has 0 amide bonds. The molecule has 0 saturated carbocycles. The molecule has 0 fully saturated rings. The number of likely N-dealkylation sites (N-methyl/N-ethyl adjacent to an activating group) is 1. The molecule has 0 saturated heterocycles. The van der Waals surface area contributed by atoms with E-state index in [1.165, 1.54) is 5.56 Å². The van der Waals surface area contributed by atoms with Crippen LogP contribution in [0.25, 0.3) is 4.96 Å². The van der Waals surface area contributed by atoms with Gasteiger partial charge in [-0.05, 0) is 46.8 Å². The van der Waals surface area contributed by atoms with Gasteiger partial charge in [-0.25, -0.2) is 4.98 Å². The smallest absolute Gasteiger partial charge is 0.193 e. The van der Waals surface area contributed by atoms with Gasteiger partial charge in [0.05, 0.1) is 10.7 Å². The van der Waals surface area contributed by atoms with E-state index in [1.54, 1.807) is 11.3 Å². The number of halogens is 2. The van der Waals surface area contributed by atoms with Crippen LogP contribution in [-0.4, -0.2) is 15.9 Å². The minimum Gasteiger partial charge on any atom is -0.310 e. The van der Waals surface area contributed by atoms with Gasteiger partial charge >= 0.3 is 0 Å².